The van der Waals surface area contributed by atoms with Crippen LogP contribution in [0.1, 0.15) is 31.3 Å². The molecule has 1 saturated heterocycles. The van der Waals surface area contributed by atoms with Crippen molar-refractivity contribution in [1.82, 2.24) is 14.5 Å². The number of aromatic nitrogens is 2. The smallest absolute Gasteiger partial charge is 0.407 e. The third kappa shape index (κ3) is 3.01. The standard InChI is InChI=1S/C16H17ClF2N4O3/c1-8(20)13-21-10-4-2-3-9(17)12(10)14(24)23(13)11-5-6-22(15(25)26)7-16(11,18)19/h2-4,8,11H,5-7,20H2,1H3,(H,25,26). The average molecular weight is 387 g/mol. The van der Waals surface area contributed by atoms with Crippen molar-refractivity contribution in [2.75, 3.05) is 13.1 Å². The lowest BCUT2D eigenvalue weighted by Crippen LogP contribution is -2.53. The molecule has 1 aromatic carbocycles. The highest BCUT2D eigenvalue weighted by molar-refractivity contribution is 6.35. The Morgan fingerprint density at radius 1 is 1.50 bits per heavy atom. The summed E-state index contributed by atoms with van der Waals surface area (Å²) in [6.07, 6.45) is -1.67. The van der Waals surface area contributed by atoms with Crippen LogP contribution in [-0.4, -0.2) is 44.7 Å². The summed E-state index contributed by atoms with van der Waals surface area (Å²) in [5.41, 5.74) is 5.45. The minimum atomic E-state index is -3.46. The molecule has 1 aliphatic rings. The molecule has 0 saturated carbocycles. The number of alkyl halides is 2. The number of benzene rings is 1. The summed E-state index contributed by atoms with van der Waals surface area (Å²) >= 11 is 6.08. The van der Waals surface area contributed by atoms with Gasteiger partial charge in [-0.25, -0.2) is 18.6 Å². The second-order valence-electron chi connectivity index (χ2n) is 6.34. The molecule has 7 nitrogen and oxygen atoms in total. The van der Waals surface area contributed by atoms with E-state index in [-0.39, 0.29) is 34.7 Å². The molecule has 0 aliphatic carbocycles. The molecule has 3 N–H and O–H groups in total. The van der Waals surface area contributed by atoms with E-state index >= 15 is 0 Å². The van der Waals surface area contributed by atoms with Crippen molar-refractivity contribution in [2.24, 2.45) is 5.73 Å². The van der Waals surface area contributed by atoms with Crippen molar-refractivity contribution in [2.45, 2.75) is 31.4 Å². The predicted molar refractivity (Wildman–Crippen MR) is 91.8 cm³/mol. The van der Waals surface area contributed by atoms with Crippen LogP contribution in [0.4, 0.5) is 13.6 Å². The van der Waals surface area contributed by atoms with E-state index in [4.69, 9.17) is 22.4 Å². The van der Waals surface area contributed by atoms with Crippen LogP contribution in [0, 0.1) is 0 Å². The zero-order chi connectivity index (χ0) is 19.2. The third-order valence-corrected chi connectivity index (χ3v) is 4.77. The fourth-order valence-corrected chi connectivity index (χ4v) is 3.50. The van der Waals surface area contributed by atoms with Crippen LogP contribution in [0.2, 0.25) is 5.02 Å². The molecule has 1 aromatic heterocycles. The van der Waals surface area contributed by atoms with Gasteiger partial charge >= 0.3 is 6.09 Å². The van der Waals surface area contributed by atoms with Gasteiger partial charge in [0.2, 0.25) is 0 Å². The Morgan fingerprint density at radius 2 is 2.19 bits per heavy atom. The van der Waals surface area contributed by atoms with E-state index in [1.165, 1.54) is 6.07 Å². The Morgan fingerprint density at radius 3 is 2.77 bits per heavy atom. The Hall–Kier alpha value is -2.26. The van der Waals surface area contributed by atoms with Crippen LogP contribution < -0.4 is 11.3 Å². The van der Waals surface area contributed by atoms with E-state index in [1.54, 1.807) is 19.1 Å². The lowest BCUT2D eigenvalue weighted by atomic mass is 9.99. The first-order valence-corrected chi connectivity index (χ1v) is 8.33. The molecule has 2 aromatic rings. The first-order valence-electron chi connectivity index (χ1n) is 7.95. The summed E-state index contributed by atoms with van der Waals surface area (Å²) in [4.78, 5) is 28.9. The summed E-state index contributed by atoms with van der Waals surface area (Å²) < 4.78 is 30.3. The molecule has 2 atom stereocenters. The number of hydrogen-bond acceptors (Lipinski definition) is 4. The SMILES string of the molecule is CC(N)c1nc2cccc(Cl)c2c(=O)n1C1CCN(C(=O)O)CC1(F)F. The van der Waals surface area contributed by atoms with Gasteiger partial charge in [0.1, 0.15) is 11.9 Å². The highest BCUT2D eigenvalue weighted by Crippen LogP contribution is 2.37. The highest BCUT2D eigenvalue weighted by atomic mass is 35.5. The molecule has 2 heterocycles. The number of halogens is 3. The second-order valence-corrected chi connectivity index (χ2v) is 6.74. The first-order chi connectivity index (χ1) is 12.1. The second kappa shape index (κ2) is 6.48. The fraction of sp³-hybridized carbons (Fsp3) is 0.438. The van der Waals surface area contributed by atoms with Crippen LogP contribution >= 0.6 is 11.6 Å². The summed E-state index contributed by atoms with van der Waals surface area (Å²) in [6, 6.07) is 2.31. The number of hydrogen-bond donors (Lipinski definition) is 2. The molecule has 140 valence electrons. The maximum Gasteiger partial charge on any atom is 0.407 e. The lowest BCUT2D eigenvalue weighted by Gasteiger charge is -2.38. The third-order valence-electron chi connectivity index (χ3n) is 4.46. The van der Waals surface area contributed by atoms with Gasteiger partial charge in [0, 0.05) is 6.54 Å². The van der Waals surface area contributed by atoms with Crippen LogP contribution in [0.15, 0.2) is 23.0 Å². The molecule has 0 radical (unpaired) electrons. The van der Waals surface area contributed by atoms with Gasteiger partial charge in [0.05, 0.1) is 28.5 Å². The lowest BCUT2D eigenvalue weighted by molar-refractivity contribution is -0.0988. The van der Waals surface area contributed by atoms with E-state index in [2.05, 4.69) is 4.98 Å². The van der Waals surface area contributed by atoms with E-state index < -0.39 is 36.2 Å². The molecule has 0 bridgehead atoms. The predicted octanol–water partition coefficient (Wildman–Crippen LogP) is 2.63. The van der Waals surface area contributed by atoms with Crippen molar-refractivity contribution >= 4 is 28.6 Å². The number of nitrogens with zero attached hydrogens (tertiary/aromatic N) is 3. The van der Waals surface area contributed by atoms with Crippen LogP contribution in [-0.2, 0) is 0 Å². The Labute approximate surface area is 152 Å². The van der Waals surface area contributed by atoms with Crippen molar-refractivity contribution in [3.8, 4) is 0 Å². The summed E-state index contributed by atoms with van der Waals surface area (Å²) in [6.45, 7) is 0.415. The number of carboxylic acid groups (broad SMARTS) is 1. The number of likely N-dealkylation sites (tertiary alicyclic amines) is 1. The fourth-order valence-electron chi connectivity index (χ4n) is 3.25. The van der Waals surface area contributed by atoms with Crippen molar-refractivity contribution in [3.05, 3.63) is 39.4 Å². The number of carbonyl (C=O) groups is 1. The maximum atomic E-state index is 14.7. The molecule has 3 rings (SSSR count). The molecular weight excluding hydrogens is 370 g/mol. The number of nitrogens with two attached hydrogens (primary N) is 1. The number of rotatable bonds is 2. The monoisotopic (exact) mass is 386 g/mol. The van der Waals surface area contributed by atoms with Crippen LogP contribution in [0.3, 0.4) is 0 Å². The average Bonchev–Trinajstić information content (AvgIpc) is 2.54. The van der Waals surface area contributed by atoms with Crippen molar-refractivity contribution in [3.63, 3.8) is 0 Å². The van der Waals surface area contributed by atoms with Gasteiger partial charge in [0.25, 0.3) is 11.5 Å². The van der Waals surface area contributed by atoms with Gasteiger partial charge in [-0.3, -0.25) is 9.36 Å². The van der Waals surface area contributed by atoms with Crippen LogP contribution in [0.25, 0.3) is 10.9 Å². The number of piperidine rings is 1. The van der Waals surface area contributed by atoms with Gasteiger partial charge < -0.3 is 15.7 Å². The van der Waals surface area contributed by atoms with E-state index in [0.717, 1.165) is 4.57 Å². The maximum absolute atomic E-state index is 14.7. The van der Waals surface area contributed by atoms with Gasteiger partial charge in [-0.2, -0.15) is 0 Å². The first kappa shape index (κ1) is 18.5. The van der Waals surface area contributed by atoms with Gasteiger partial charge in [-0.1, -0.05) is 17.7 Å². The zero-order valence-electron chi connectivity index (χ0n) is 13.8. The van der Waals surface area contributed by atoms with E-state index in [0.29, 0.717) is 4.90 Å². The molecule has 26 heavy (non-hydrogen) atoms. The molecule has 2 unspecified atom stereocenters. The molecule has 1 amide bonds. The summed E-state index contributed by atoms with van der Waals surface area (Å²) in [7, 11) is 0. The largest absolute Gasteiger partial charge is 0.465 e. The number of amides is 1. The zero-order valence-corrected chi connectivity index (χ0v) is 14.6. The quantitative estimate of drug-likeness (QED) is 0.826. The highest BCUT2D eigenvalue weighted by Gasteiger charge is 2.48. The summed E-state index contributed by atoms with van der Waals surface area (Å²) in [5, 5.41) is 9.12. The molecule has 1 fully saturated rings. The van der Waals surface area contributed by atoms with Gasteiger partial charge in [-0.05, 0) is 25.5 Å². The normalized spacial score (nSPS) is 21.0. The van der Waals surface area contributed by atoms with Gasteiger partial charge in [-0.15, -0.1) is 0 Å². The Balaban J connectivity index is 2.22. The summed E-state index contributed by atoms with van der Waals surface area (Å²) in [5.74, 6) is -3.45. The van der Waals surface area contributed by atoms with E-state index in [9.17, 15) is 18.4 Å². The molecular formula is C16H17ClF2N4O3. The Kier molecular flexibility index (Phi) is 4.61. The minimum Gasteiger partial charge on any atom is -0.465 e. The van der Waals surface area contributed by atoms with Crippen molar-refractivity contribution < 1.29 is 18.7 Å². The van der Waals surface area contributed by atoms with Crippen LogP contribution in [0.5, 0.6) is 0 Å². The van der Waals surface area contributed by atoms with E-state index in [1.807, 2.05) is 0 Å². The Bertz CT molecular complexity index is 932. The molecule has 1 aliphatic heterocycles. The van der Waals surface area contributed by atoms with Crippen molar-refractivity contribution in [1.29, 1.82) is 0 Å². The minimum absolute atomic E-state index is 0.0122. The number of fused-ring (bicyclic) bond motifs is 1. The van der Waals surface area contributed by atoms with Gasteiger partial charge in [0.15, 0.2) is 0 Å². The molecule has 10 heteroatoms. The molecule has 0 spiro atoms. The topological polar surface area (TPSA) is 101 Å².